The van der Waals surface area contributed by atoms with Crippen LogP contribution in [0.4, 0.5) is 0 Å². The highest BCUT2D eigenvalue weighted by atomic mass is 16.7. The first-order chi connectivity index (χ1) is 6.11. The van der Waals surface area contributed by atoms with Crippen molar-refractivity contribution >= 4 is 0 Å². The van der Waals surface area contributed by atoms with Gasteiger partial charge in [0.25, 0.3) is 0 Å². The maximum atomic E-state index is 9.24. The quantitative estimate of drug-likeness (QED) is 0.423. The molecule has 0 spiro atoms. The van der Waals surface area contributed by atoms with E-state index in [9.17, 15) is 10.2 Å². The lowest BCUT2D eigenvalue weighted by Crippen LogP contribution is -2.46. The molecule has 13 heavy (non-hydrogen) atoms. The Labute approximate surface area is 74.6 Å². The molecule has 0 fully saturated rings. The molecule has 0 aromatic rings. The van der Waals surface area contributed by atoms with Crippen LogP contribution in [0.15, 0.2) is 11.7 Å². The van der Waals surface area contributed by atoms with Crippen molar-refractivity contribution in [2.24, 2.45) is 0 Å². The fraction of sp³-hybridized carbons (Fsp3) is 0.714. The Balaban J connectivity index is 2.86. The summed E-state index contributed by atoms with van der Waals surface area (Å²) in [6, 6.07) is 0. The minimum Gasteiger partial charge on any atom is -0.504 e. The van der Waals surface area contributed by atoms with Crippen molar-refractivity contribution in [1.29, 1.82) is 0 Å². The van der Waals surface area contributed by atoms with E-state index in [1.807, 2.05) is 0 Å². The highest BCUT2D eigenvalue weighted by Crippen LogP contribution is 2.23. The molecular weight excluding hydrogens is 180 g/mol. The van der Waals surface area contributed by atoms with Gasteiger partial charge in [0.2, 0.25) is 5.76 Å². The van der Waals surface area contributed by atoms with Gasteiger partial charge in [-0.1, -0.05) is 0 Å². The first-order valence-electron chi connectivity index (χ1n) is 3.72. The van der Waals surface area contributed by atoms with Crippen molar-refractivity contribution in [3.63, 3.8) is 0 Å². The van der Waals surface area contributed by atoms with Crippen molar-refractivity contribution in [1.82, 2.24) is 0 Å². The van der Waals surface area contributed by atoms with E-state index in [1.165, 1.54) is 7.11 Å². The fourth-order valence-corrected chi connectivity index (χ4v) is 1.05. The van der Waals surface area contributed by atoms with Gasteiger partial charge in [-0.2, -0.15) is 0 Å². The number of methoxy groups -OCH3 is 1. The third kappa shape index (κ3) is 1.69. The molecule has 1 heterocycles. The van der Waals surface area contributed by atoms with Gasteiger partial charge in [0.05, 0.1) is 13.7 Å². The molecule has 1 rings (SSSR count). The molecule has 1 unspecified atom stereocenters. The number of hydrogen-bond acceptors (Lipinski definition) is 6. The molecule has 0 amide bonds. The van der Waals surface area contributed by atoms with Crippen LogP contribution in [-0.2, 0) is 9.47 Å². The summed E-state index contributed by atoms with van der Waals surface area (Å²) in [5.41, 5.74) is 0. The second-order valence-corrected chi connectivity index (χ2v) is 2.65. The van der Waals surface area contributed by atoms with E-state index in [1.54, 1.807) is 0 Å². The number of rotatable bonds is 2. The molecule has 0 bridgehead atoms. The summed E-state index contributed by atoms with van der Waals surface area (Å²) in [5.74, 6) is -0.850. The first-order valence-corrected chi connectivity index (χ1v) is 3.72. The van der Waals surface area contributed by atoms with E-state index in [0.717, 1.165) is 0 Å². The zero-order valence-corrected chi connectivity index (χ0v) is 7.04. The van der Waals surface area contributed by atoms with E-state index in [4.69, 9.17) is 14.9 Å². The van der Waals surface area contributed by atoms with E-state index in [0.29, 0.717) is 0 Å². The summed E-state index contributed by atoms with van der Waals surface area (Å²) < 4.78 is 9.41. The molecule has 0 aromatic carbocycles. The van der Waals surface area contributed by atoms with Gasteiger partial charge in [-0.15, -0.1) is 0 Å². The number of aliphatic hydroxyl groups excluding tert-OH is 4. The van der Waals surface area contributed by atoms with Crippen molar-refractivity contribution in [3.05, 3.63) is 11.7 Å². The van der Waals surface area contributed by atoms with Crippen LogP contribution in [0.2, 0.25) is 0 Å². The largest absolute Gasteiger partial charge is 0.504 e. The van der Waals surface area contributed by atoms with Gasteiger partial charge in [-0.3, -0.25) is 0 Å². The van der Waals surface area contributed by atoms with E-state index in [2.05, 4.69) is 4.74 Å². The topological polar surface area (TPSA) is 99.4 Å². The van der Waals surface area contributed by atoms with Gasteiger partial charge >= 0.3 is 5.95 Å². The minimum atomic E-state index is -1.49. The fourth-order valence-electron chi connectivity index (χ4n) is 1.05. The first kappa shape index (κ1) is 10.1. The molecule has 0 aromatic heterocycles. The summed E-state index contributed by atoms with van der Waals surface area (Å²) in [7, 11) is 1.24. The molecule has 4 N–H and O–H groups in total. The zero-order chi connectivity index (χ0) is 10.0. The normalized spacial score (nSPS) is 34.3. The highest BCUT2D eigenvalue weighted by molar-refractivity contribution is 5.08. The Hall–Kier alpha value is -0.980. The third-order valence-corrected chi connectivity index (χ3v) is 1.82. The summed E-state index contributed by atoms with van der Waals surface area (Å²) in [6.07, 6.45) is -3.83. The standard InChI is InChI=1S/C7H12O6/c1-12-7-6(11)5(10)4(9)3(2-8)13-7/h3-5,8-11H,2H2,1H3/t3-,4-,5?/m1/s1. The van der Waals surface area contributed by atoms with Gasteiger partial charge < -0.3 is 29.9 Å². The molecule has 0 radical (unpaired) electrons. The molecule has 6 nitrogen and oxygen atoms in total. The van der Waals surface area contributed by atoms with Crippen molar-refractivity contribution in [3.8, 4) is 0 Å². The van der Waals surface area contributed by atoms with Gasteiger partial charge in [-0.25, -0.2) is 0 Å². The summed E-state index contributed by atoms with van der Waals surface area (Å²) in [6.45, 7) is -0.474. The maximum absolute atomic E-state index is 9.24. The van der Waals surface area contributed by atoms with Crippen LogP contribution in [-0.4, -0.2) is 52.5 Å². The van der Waals surface area contributed by atoms with Crippen molar-refractivity contribution < 1.29 is 29.9 Å². The second-order valence-electron chi connectivity index (χ2n) is 2.65. The number of aliphatic hydroxyl groups is 4. The Morgan fingerprint density at radius 3 is 2.54 bits per heavy atom. The van der Waals surface area contributed by atoms with Crippen molar-refractivity contribution in [2.75, 3.05) is 13.7 Å². The predicted molar refractivity (Wildman–Crippen MR) is 40.6 cm³/mol. The van der Waals surface area contributed by atoms with E-state index in [-0.39, 0.29) is 5.95 Å². The molecule has 0 saturated carbocycles. The Bertz CT molecular complexity index is 213. The Morgan fingerprint density at radius 2 is 2.08 bits per heavy atom. The Kier molecular flexibility index (Phi) is 2.97. The van der Waals surface area contributed by atoms with Gasteiger partial charge in [-0.05, 0) is 0 Å². The van der Waals surface area contributed by atoms with E-state index >= 15 is 0 Å². The average Bonchev–Trinajstić information content (AvgIpc) is 2.15. The van der Waals surface area contributed by atoms with E-state index < -0.39 is 30.7 Å². The SMILES string of the molecule is COC1=C(O)C(O)[C@H](O)[C@@H](CO)O1. The van der Waals surface area contributed by atoms with Crippen LogP contribution in [0.25, 0.3) is 0 Å². The predicted octanol–water partition coefficient (Wildman–Crippen LogP) is -1.53. The summed E-state index contributed by atoms with van der Waals surface area (Å²) in [5, 5.41) is 36.3. The van der Waals surface area contributed by atoms with Crippen LogP contribution in [0.1, 0.15) is 0 Å². The van der Waals surface area contributed by atoms with Crippen LogP contribution in [0.5, 0.6) is 0 Å². The molecule has 6 heteroatoms. The molecular formula is C7H12O6. The lowest BCUT2D eigenvalue weighted by Gasteiger charge is -2.31. The average molecular weight is 192 g/mol. The smallest absolute Gasteiger partial charge is 0.321 e. The molecule has 76 valence electrons. The lowest BCUT2D eigenvalue weighted by molar-refractivity contribution is -0.143. The lowest BCUT2D eigenvalue weighted by atomic mass is 10.1. The molecule has 0 saturated heterocycles. The third-order valence-electron chi connectivity index (χ3n) is 1.82. The number of ether oxygens (including phenoxy) is 2. The molecule has 1 aliphatic heterocycles. The molecule has 0 aliphatic carbocycles. The van der Waals surface area contributed by atoms with Crippen LogP contribution >= 0.6 is 0 Å². The molecule has 3 atom stereocenters. The monoisotopic (exact) mass is 192 g/mol. The summed E-state index contributed by atoms with van der Waals surface area (Å²) in [4.78, 5) is 0. The minimum absolute atomic E-state index is 0.281. The van der Waals surface area contributed by atoms with Gasteiger partial charge in [0, 0.05) is 0 Å². The summed E-state index contributed by atoms with van der Waals surface area (Å²) >= 11 is 0. The van der Waals surface area contributed by atoms with Crippen molar-refractivity contribution in [2.45, 2.75) is 18.3 Å². The zero-order valence-electron chi connectivity index (χ0n) is 7.04. The Morgan fingerprint density at radius 1 is 1.46 bits per heavy atom. The highest BCUT2D eigenvalue weighted by Gasteiger charge is 2.38. The van der Waals surface area contributed by atoms with Crippen LogP contribution in [0.3, 0.4) is 0 Å². The van der Waals surface area contributed by atoms with Gasteiger partial charge in [0.15, 0.2) is 6.10 Å². The van der Waals surface area contributed by atoms with Crippen LogP contribution < -0.4 is 0 Å². The number of hydrogen-bond donors (Lipinski definition) is 4. The van der Waals surface area contributed by atoms with Crippen LogP contribution in [0, 0.1) is 0 Å². The van der Waals surface area contributed by atoms with Gasteiger partial charge in [0.1, 0.15) is 12.2 Å². The second kappa shape index (κ2) is 3.82. The molecule has 1 aliphatic rings. The maximum Gasteiger partial charge on any atom is 0.321 e.